The van der Waals surface area contributed by atoms with Crippen molar-refractivity contribution >= 4 is 40.8 Å². The summed E-state index contributed by atoms with van der Waals surface area (Å²) in [4.78, 5) is 71.6. The van der Waals surface area contributed by atoms with Crippen molar-refractivity contribution in [1.29, 1.82) is 0 Å². The number of amides is 3. The van der Waals surface area contributed by atoms with Crippen molar-refractivity contribution in [1.82, 2.24) is 4.90 Å². The van der Waals surface area contributed by atoms with Crippen LogP contribution >= 0.6 is 0 Å². The van der Waals surface area contributed by atoms with Gasteiger partial charge in [-0.1, -0.05) is 6.07 Å². The summed E-state index contributed by atoms with van der Waals surface area (Å²) in [7, 11) is 0. The average molecular weight is 439 g/mol. The fraction of sp³-hybridized carbons (Fsp3) is 0.150. The second-order valence-corrected chi connectivity index (χ2v) is 6.78. The van der Waals surface area contributed by atoms with Crippen molar-refractivity contribution in [3.63, 3.8) is 0 Å². The lowest BCUT2D eigenvalue weighted by molar-refractivity contribution is -0.385. The van der Waals surface area contributed by atoms with E-state index < -0.39 is 52.9 Å². The highest BCUT2D eigenvalue weighted by atomic mass is 16.6. The maximum Gasteiger partial charge on any atom is 0.326 e. The van der Waals surface area contributed by atoms with E-state index in [1.165, 1.54) is 30.3 Å². The molecule has 0 aromatic heterocycles. The van der Waals surface area contributed by atoms with Crippen LogP contribution in [0.5, 0.6) is 5.75 Å². The van der Waals surface area contributed by atoms with E-state index in [0.717, 1.165) is 6.07 Å². The van der Waals surface area contributed by atoms with E-state index in [2.05, 4.69) is 5.32 Å². The van der Waals surface area contributed by atoms with Gasteiger partial charge in [0.2, 0.25) is 0 Å². The molecule has 3 amide bonds. The second kappa shape index (κ2) is 7.91. The highest BCUT2D eigenvalue weighted by Gasteiger charge is 2.42. The first kappa shape index (κ1) is 20.7. The number of rotatable bonds is 6. The molecule has 0 radical (unpaired) electrons. The van der Waals surface area contributed by atoms with Crippen molar-refractivity contribution in [3.05, 3.63) is 63.2 Å². The van der Waals surface area contributed by atoms with Gasteiger partial charge in [-0.15, -0.1) is 0 Å². The molecular weight excluding hydrogens is 426 g/mol. The van der Waals surface area contributed by atoms with Crippen molar-refractivity contribution in [2.75, 3.05) is 25.1 Å². The minimum absolute atomic E-state index is 0.138. The van der Waals surface area contributed by atoms with Gasteiger partial charge in [-0.25, -0.2) is 0 Å². The van der Waals surface area contributed by atoms with E-state index >= 15 is 0 Å². The van der Waals surface area contributed by atoms with Gasteiger partial charge < -0.3 is 14.8 Å². The van der Waals surface area contributed by atoms with E-state index in [0.29, 0.717) is 16.3 Å². The summed E-state index contributed by atoms with van der Waals surface area (Å²) in [5.74, 6) is -3.51. The van der Waals surface area contributed by atoms with Crippen LogP contribution in [0.15, 0.2) is 36.4 Å². The number of anilines is 1. The first-order valence-corrected chi connectivity index (χ1v) is 9.15. The van der Waals surface area contributed by atoms with Gasteiger partial charge in [0.15, 0.2) is 19.0 Å². The maximum atomic E-state index is 12.5. The lowest BCUT2D eigenvalue weighted by Crippen LogP contribution is -2.36. The molecule has 0 atom stereocenters. The molecule has 12 heteroatoms. The molecule has 1 N–H and O–H groups in total. The van der Waals surface area contributed by atoms with Crippen LogP contribution in [0, 0.1) is 10.1 Å². The van der Waals surface area contributed by atoms with E-state index in [1.54, 1.807) is 0 Å². The standard InChI is InChI=1S/C20H13N3O9/c24-14(10-4-5-15-12(6-10)21-16(25)9-31-15)8-32-17(26)7-22-19(27)11-2-1-3-13(23(29)30)18(11)20(22)28/h1-6H,7-9H2,(H,21,25). The van der Waals surface area contributed by atoms with Gasteiger partial charge in [0, 0.05) is 11.6 Å². The number of carbonyl (C=O) groups excluding carboxylic acids is 5. The summed E-state index contributed by atoms with van der Waals surface area (Å²) in [6.07, 6.45) is 0. The van der Waals surface area contributed by atoms with Gasteiger partial charge in [-0.3, -0.25) is 39.0 Å². The summed E-state index contributed by atoms with van der Waals surface area (Å²) in [5, 5.41) is 13.7. The molecule has 2 aliphatic heterocycles. The minimum Gasteiger partial charge on any atom is -0.482 e. The molecule has 0 aliphatic carbocycles. The molecule has 0 spiro atoms. The van der Waals surface area contributed by atoms with Crippen LogP contribution in [0.25, 0.3) is 0 Å². The number of hydrogen-bond donors (Lipinski definition) is 1. The Morgan fingerprint density at radius 1 is 1.16 bits per heavy atom. The van der Waals surface area contributed by atoms with Gasteiger partial charge >= 0.3 is 5.97 Å². The zero-order valence-electron chi connectivity index (χ0n) is 16.2. The molecule has 162 valence electrons. The van der Waals surface area contributed by atoms with E-state index in [1.807, 2.05) is 0 Å². The lowest BCUT2D eigenvalue weighted by atomic mass is 10.1. The minimum atomic E-state index is -1.05. The largest absolute Gasteiger partial charge is 0.482 e. The van der Waals surface area contributed by atoms with Gasteiger partial charge in [0.05, 0.1) is 16.2 Å². The number of nitrogens with zero attached hydrogens (tertiary/aromatic N) is 2. The Labute approximate surface area is 178 Å². The Hall–Kier alpha value is -4.61. The summed E-state index contributed by atoms with van der Waals surface area (Å²) in [6, 6.07) is 7.86. The van der Waals surface area contributed by atoms with Gasteiger partial charge in [0.1, 0.15) is 17.9 Å². The van der Waals surface area contributed by atoms with Crippen molar-refractivity contribution in [2.24, 2.45) is 0 Å². The normalized spacial score (nSPS) is 14.2. The Bertz CT molecular complexity index is 1220. The van der Waals surface area contributed by atoms with Crippen LogP contribution in [0.2, 0.25) is 0 Å². The van der Waals surface area contributed by atoms with Crippen LogP contribution in [0.4, 0.5) is 11.4 Å². The lowest BCUT2D eigenvalue weighted by Gasteiger charge is -2.18. The first-order valence-electron chi connectivity index (χ1n) is 9.15. The van der Waals surface area contributed by atoms with Gasteiger partial charge in [-0.05, 0) is 24.3 Å². The second-order valence-electron chi connectivity index (χ2n) is 6.78. The number of esters is 1. The third-order valence-corrected chi connectivity index (χ3v) is 4.76. The smallest absolute Gasteiger partial charge is 0.326 e. The number of nitrogens with one attached hydrogen (secondary N) is 1. The molecule has 12 nitrogen and oxygen atoms in total. The molecule has 2 heterocycles. The third kappa shape index (κ3) is 3.64. The molecule has 0 bridgehead atoms. The molecule has 0 unspecified atom stereocenters. The number of ketones is 1. The third-order valence-electron chi connectivity index (χ3n) is 4.76. The number of fused-ring (bicyclic) bond motifs is 2. The summed E-state index contributed by atoms with van der Waals surface area (Å²) < 4.78 is 10.1. The van der Waals surface area contributed by atoms with Crippen LogP contribution in [0.1, 0.15) is 31.1 Å². The summed E-state index contributed by atoms with van der Waals surface area (Å²) in [6.45, 7) is -1.64. The molecule has 2 aromatic carbocycles. The van der Waals surface area contributed by atoms with Crippen molar-refractivity contribution in [2.45, 2.75) is 0 Å². The highest BCUT2D eigenvalue weighted by Crippen LogP contribution is 2.31. The average Bonchev–Trinajstić information content (AvgIpc) is 3.01. The predicted octanol–water partition coefficient (Wildman–Crippen LogP) is 0.948. The van der Waals surface area contributed by atoms with Crippen LogP contribution < -0.4 is 10.1 Å². The molecule has 2 aliphatic rings. The Kier molecular flexibility index (Phi) is 5.10. The Morgan fingerprint density at radius 3 is 2.69 bits per heavy atom. The summed E-state index contributed by atoms with van der Waals surface area (Å²) in [5.41, 5.74) is -0.698. The number of benzene rings is 2. The zero-order valence-corrected chi connectivity index (χ0v) is 16.2. The van der Waals surface area contributed by atoms with Crippen LogP contribution in [-0.4, -0.2) is 59.1 Å². The topological polar surface area (TPSA) is 162 Å². The van der Waals surface area contributed by atoms with Crippen molar-refractivity contribution < 1.29 is 38.4 Å². The van der Waals surface area contributed by atoms with Gasteiger partial charge in [0.25, 0.3) is 23.4 Å². The van der Waals surface area contributed by atoms with Gasteiger partial charge in [-0.2, -0.15) is 0 Å². The SMILES string of the molecule is O=C1COc2ccc(C(=O)COC(=O)CN3C(=O)c4cccc([N+](=O)[O-])c4C3=O)cc2N1. The van der Waals surface area contributed by atoms with Crippen molar-refractivity contribution in [3.8, 4) is 5.75 Å². The number of Topliss-reactive ketones (excluding diaryl/α,β-unsaturated/α-hetero) is 1. The van der Waals surface area contributed by atoms with Crippen LogP contribution in [-0.2, 0) is 14.3 Å². The molecule has 0 saturated heterocycles. The predicted molar refractivity (Wildman–Crippen MR) is 104 cm³/mol. The molecular formula is C20H13N3O9. The highest BCUT2D eigenvalue weighted by molar-refractivity contribution is 6.24. The van der Waals surface area contributed by atoms with E-state index in [4.69, 9.17) is 9.47 Å². The first-order chi connectivity index (χ1) is 15.3. The molecule has 4 rings (SSSR count). The Morgan fingerprint density at radius 2 is 1.94 bits per heavy atom. The zero-order chi connectivity index (χ0) is 23.0. The quantitative estimate of drug-likeness (QED) is 0.227. The number of ether oxygens (including phenoxy) is 2. The van der Waals surface area contributed by atoms with E-state index in [-0.39, 0.29) is 23.6 Å². The molecule has 32 heavy (non-hydrogen) atoms. The number of carbonyl (C=O) groups is 5. The molecule has 2 aromatic rings. The fourth-order valence-corrected chi connectivity index (χ4v) is 3.27. The number of nitro benzene ring substituents is 1. The number of hydrogen-bond acceptors (Lipinski definition) is 9. The summed E-state index contributed by atoms with van der Waals surface area (Å²) >= 11 is 0. The number of nitro groups is 1. The molecule has 0 saturated carbocycles. The number of imide groups is 1. The maximum absolute atomic E-state index is 12.5. The fourth-order valence-electron chi connectivity index (χ4n) is 3.27. The molecule has 0 fully saturated rings. The Balaban J connectivity index is 1.40. The monoisotopic (exact) mass is 439 g/mol. The van der Waals surface area contributed by atoms with E-state index in [9.17, 15) is 34.1 Å². The van der Waals surface area contributed by atoms with Crippen LogP contribution in [0.3, 0.4) is 0 Å².